The number of nitrogens with zero attached hydrogens (tertiary/aromatic N) is 3. The number of carbonyl (C=O) groups excluding carboxylic acids is 1. The number of benzene rings is 1. The minimum atomic E-state index is -1.11. The highest BCUT2D eigenvalue weighted by Crippen LogP contribution is 2.34. The van der Waals surface area contributed by atoms with Gasteiger partial charge in [0.05, 0.1) is 18.2 Å². The van der Waals surface area contributed by atoms with E-state index in [1.807, 2.05) is 4.90 Å². The van der Waals surface area contributed by atoms with Crippen LogP contribution in [0.3, 0.4) is 0 Å². The van der Waals surface area contributed by atoms with E-state index in [-0.39, 0.29) is 19.3 Å². The third-order valence-electron chi connectivity index (χ3n) is 5.43. The van der Waals surface area contributed by atoms with Gasteiger partial charge < -0.3 is 24.2 Å². The summed E-state index contributed by atoms with van der Waals surface area (Å²) in [6.07, 6.45) is -0.297. The fourth-order valence-corrected chi connectivity index (χ4v) is 3.78. The summed E-state index contributed by atoms with van der Waals surface area (Å²) in [5.41, 5.74) is -0.543. The minimum Gasteiger partial charge on any atom is -0.489 e. The lowest BCUT2D eigenvalue weighted by Gasteiger charge is -2.34. The number of likely N-dealkylation sites (tertiary alicyclic amines) is 2. The van der Waals surface area contributed by atoms with Crippen LogP contribution in [-0.2, 0) is 9.47 Å². The molecule has 8 heteroatoms. The first kappa shape index (κ1) is 20.4. The summed E-state index contributed by atoms with van der Waals surface area (Å²) in [4.78, 5) is 15.8. The number of carbonyl (C=O) groups is 1. The first-order valence-electron chi connectivity index (χ1n) is 9.44. The molecule has 152 valence electrons. The molecule has 1 aromatic rings. The Balaban J connectivity index is 1.47. The Labute approximate surface area is 165 Å². The van der Waals surface area contributed by atoms with Crippen LogP contribution in [-0.4, -0.2) is 79.8 Å². The van der Waals surface area contributed by atoms with Gasteiger partial charge in [0.1, 0.15) is 24.7 Å². The Morgan fingerprint density at radius 1 is 1.21 bits per heavy atom. The number of amides is 1. The Morgan fingerprint density at radius 2 is 1.86 bits per heavy atom. The van der Waals surface area contributed by atoms with Crippen molar-refractivity contribution >= 4 is 6.09 Å². The first-order valence-corrected chi connectivity index (χ1v) is 9.44. The summed E-state index contributed by atoms with van der Waals surface area (Å²) in [7, 11) is 1.57. The Kier molecular flexibility index (Phi) is 6.39. The molecule has 0 spiro atoms. The molecule has 0 bridgehead atoms. The van der Waals surface area contributed by atoms with Crippen molar-refractivity contribution in [2.75, 3.05) is 53.1 Å². The molecule has 2 fully saturated rings. The van der Waals surface area contributed by atoms with Gasteiger partial charge in [0.2, 0.25) is 0 Å². The number of nitriles is 1. The molecule has 2 saturated heterocycles. The zero-order valence-corrected chi connectivity index (χ0v) is 16.3. The number of fused-ring (bicyclic) bond motifs is 1. The second-order valence-corrected chi connectivity index (χ2v) is 7.58. The molecular formula is C20H27N3O5. The number of rotatable bonds is 7. The van der Waals surface area contributed by atoms with E-state index >= 15 is 0 Å². The topological polar surface area (TPSA) is 95.3 Å². The molecule has 1 amide bonds. The standard InChI is InChI=1S/C20H27N3O5/c1-20(25,14-28-18-5-3-15(9-21)4-6-18)23-12-16-10-22(11-17(16)13-23)19(24)27-8-7-26-2/h3-6,16-17,25H,7-8,10-14H2,1-2H3. The molecule has 8 nitrogen and oxygen atoms in total. The average Bonchev–Trinajstić information content (AvgIpc) is 3.27. The van der Waals surface area contributed by atoms with Crippen molar-refractivity contribution in [3.05, 3.63) is 29.8 Å². The van der Waals surface area contributed by atoms with E-state index < -0.39 is 5.72 Å². The molecule has 1 N–H and O–H groups in total. The SMILES string of the molecule is COCCOC(=O)N1CC2CN(C(C)(O)COc3ccc(C#N)cc3)CC2C1. The molecule has 0 aliphatic carbocycles. The van der Waals surface area contributed by atoms with Crippen molar-refractivity contribution in [1.82, 2.24) is 9.80 Å². The fourth-order valence-electron chi connectivity index (χ4n) is 3.78. The molecule has 0 aromatic heterocycles. The lowest BCUT2D eigenvalue weighted by atomic mass is 10.0. The van der Waals surface area contributed by atoms with Crippen LogP contribution >= 0.6 is 0 Å². The summed E-state index contributed by atoms with van der Waals surface area (Å²) >= 11 is 0. The summed E-state index contributed by atoms with van der Waals surface area (Å²) in [6, 6.07) is 8.88. The maximum absolute atomic E-state index is 12.1. The van der Waals surface area contributed by atoms with E-state index in [1.165, 1.54) is 0 Å². The predicted octanol–water partition coefficient (Wildman–Crippen LogP) is 1.29. The summed E-state index contributed by atoms with van der Waals surface area (Å²) in [6.45, 7) is 5.21. The molecule has 2 aliphatic heterocycles. The lowest BCUT2D eigenvalue weighted by Crippen LogP contribution is -2.50. The molecular weight excluding hydrogens is 362 g/mol. The number of methoxy groups -OCH3 is 1. The second-order valence-electron chi connectivity index (χ2n) is 7.58. The van der Waals surface area contributed by atoms with Crippen LogP contribution in [0.1, 0.15) is 12.5 Å². The van der Waals surface area contributed by atoms with E-state index in [4.69, 9.17) is 19.5 Å². The van der Waals surface area contributed by atoms with Crippen LogP contribution in [0, 0.1) is 23.2 Å². The van der Waals surface area contributed by atoms with Gasteiger partial charge in [-0.05, 0) is 43.0 Å². The zero-order valence-electron chi connectivity index (χ0n) is 16.3. The van der Waals surface area contributed by atoms with Crippen molar-refractivity contribution < 1.29 is 24.1 Å². The van der Waals surface area contributed by atoms with Gasteiger partial charge in [0.15, 0.2) is 0 Å². The van der Waals surface area contributed by atoms with Crippen LogP contribution in [0.15, 0.2) is 24.3 Å². The van der Waals surface area contributed by atoms with E-state index in [1.54, 1.807) is 43.2 Å². The smallest absolute Gasteiger partial charge is 0.409 e. The molecule has 1 aromatic carbocycles. The Bertz CT molecular complexity index is 702. The predicted molar refractivity (Wildman–Crippen MR) is 101 cm³/mol. The summed E-state index contributed by atoms with van der Waals surface area (Å²) < 4.78 is 15.8. The summed E-state index contributed by atoms with van der Waals surface area (Å²) in [5.74, 6) is 1.25. The second kappa shape index (κ2) is 8.78. The van der Waals surface area contributed by atoms with E-state index in [0.29, 0.717) is 55.9 Å². The van der Waals surface area contributed by atoms with Crippen molar-refractivity contribution in [2.45, 2.75) is 12.6 Å². The van der Waals surface area contributed by atoms with Crippen molar-refractivity contribution in [3.63, 3.8) is 0 Å². The van der Waals surface area contributed by atoms with Gasteiger partial charge in [-0.1, -0.05) is 0 Å². The van der Waals surface area contributed by atoms with Crippen LogP contribution in [0.2, 0.25) is 0 Å². The highest BCUT2D eigenvalue weighted by atomic mass is 16.6. The molecule has 2 heterocycles. The number of aliphatic hydroxyl groups is 1. The van der Waals surface area contributed by atoms with Crippen LogP contribution in [0.5, 0.6) is 5.75 Å². The maximum Gasteiger partial charge on any atom is 0.409 e. The first-order chi connectivity index (χ1) is 13.4. The Hall–Kier alpha value is -2.34. The van der Waals surface area contributed by atoms with Gasteiger partial charge in [0, 0.05) is 33.3 Å². The number of hydrogen-bond acceptors (Lipinski definition) is 7. The molecule has 0 saturated carbocycles. The fraction of sp³-hybridized carbons (Fsp3) is 0.600. The van der Waals surface area contributed by atoms with Crippen LogP contribution in [0.25, 0.3) is 0 Å². The molecule has 3 atom stereocenters. The van der Waals surface area contributed by atoms with Crippen LogP contribution < -0.4 is 4.74 Å². The molecule has 3 unspecified atom stereocenters. The number of ether oxygens (including phenoxy) is 3. The van der Waals surface area contributed by atoms with Crippen molar-refractivity contribution in [1.29, 1.82) is 5.26 Å². The van der Waals surface area contributed by atoms with Crippen LogP contribution in [0.4, 0.5) is 4.79 Å². The Morgan fingerprint density at radius 3 is 2.43 bits per heavy atom. The molecule has 2 aliphatic rings. The zero-order chi connectivity index (χ0) is 20.1. The molecule has 0 radical (unpaired) electrons. The van der Waals surface area contributed by atoms with E-state index in [0.717, 1.165) is 0 Å². The van der Waals surface area contributed by atoms with Crippen molar-refractivity contribution in [2.24, 2.45) is 11.8 Å². The lowest BCUT2D eigenvalue weighted by molar-refractivity contribution is -0.112. The summed E-state index contributed by atoms with van der Waals surface area (Å²) in [5, 5.41) is 19.7. The maximum atomic E-state index is 12.1. The van der Waals surface area contributed by atoms with Gasteiger partial charge in [-0.2, -0.15) is 5.26 Å². The van der Waals surface area contributed by atoms with Gasteiger partial charge in [0.25, 0.3) is 0 Å². The minimum absolute atomic E-state index is 0.126. The van der Waals surface area contributed by atoms with Gasteiger partial charge in [-0.3, -0.25) is 4.90 Å². The monoisotopic (exact) mass is 389 g/mol. The van der Waals surface area contributed by atoms with Gasteiger partial charge in [-0.15, -0.1) is 0 Å². The highest BCUT2D eigenvalue weighted by Gasteiger charge is 2.46. The largest absolute Gasteiger partial charge is 0.489 e. The van der Waals surface area contributed by atoms with E-state index in [9.17, 15) is 9.90 Å². The normalized spacial score (nSPS) is 23.7. The number of hydrogen-bond donors (Lipinski definition) is 1. The average molecular weight is 389 g/mol. The molecule has 28 heavy (non-hydrogen) atoms. The quantitative estimate of drug-likeness (QED) is 0.702. The van der Waals surface area contributed by atoms with Crippen molar-refractivity contribution in [3.8, 4) is 11.8 Å². The molecule has 3 rings (SSSR count). The van der Waals surface area contributed by atoms with Gasteiger partial charge >= 0.3 is 6.09 Å². The highest BCUT2D eigenvalue weighted by molar-refractivity contribution is 5.68. The van der Waals surface area contributed by atoms with Gasteiger partial charge in [-0.25, -0.2) is 4.79 Å². The van der Waals surface area contributed by atoms with E-state index in [2.05, 4.69) is 6.07 Å². The third-order valence-corrected chi connectivity index (χ3v) is 5.43. The third kappa shape index (κ3) is 4.73.